The predicted octanol–water partition coefficient (Wildman–Crippen LogP) is 1.98. The lowest BCUT2D eigenvalue weighted by molar-refractivity contribution is -0.142. The molecule has 1 aliphatic rings. The van der Waals surface area contributed by atoms with Gasteiger partial charge in [-0.2, -0.15) is 11.3 Å². The van der Waals surface area contributed by atoms with Crippen LogP contribution in [0.15, 0.2) is 41.1 Å². The minimum Gasteiger partial charge on any atom is -0.480 e. The summed E-state index contributed by atoms with van der Waals surface area (Å²) >= 11 is 1.46. The van der Waals surface area contributed by atoms with Gasteiger partial charge in [0.05, 0.1) is 5.69 Å². The van der Waals surface area contributed by atoms with E-state index >= 15 is 0 Å². The number of nitrogens with two attached hydrogens (primary N) is 1. The van der Waals surface area contributed by atoms with E-state index in [0.717, 1.165) is 5.56 Å². The number of piperidine rings is 1. The van der Waals surface area contributed by atoms with Gasteiger partial charge >= 0.3 is 5.97 Å². The molecule has 8 nitrogen and oxygen atoms in total. The molecule has 1 aliphatic heterocycles. The number of aliphatic carboxylic acids is 1. The highest BCUT2D eigenvalue weighted by atomic mass is 32.1. The van der Waals surface area contributed by atoms with E-state index in [0.29, 0.717) is 30.6 Å². The number of carboxylic acid groups (broad SMARTS) is 1. The fraction of sp³-hybridized carbons (Fsp3) is 0.333. The van der Waals surface area contributed by atoms with Gasteiger partial charge in [0, 0.05) is 30.9 Å². The van der Waals surface area contributed by atoms with Crippen LogP contribution in [0.5, 0.6) is 0 Å². The lowest BCUT2D eigenvalue weighted by Crippen LogP contribution is -2.46. The second-order valence-electron chi connectivity index (χ2n) is 7.26. The van der Waals surface area contributed by atoms with Crippen LogP contribution in [0.2, 0.25) is 0 Å². The molecule has 30 heavy (non-hydrogen) atoms. The zero-order valence-electron chi connectivity index (χ0n) is 16.3. The Labute approximate surface area is 178 Å². The molecule has 2 atom stereocenters. The van der Waals surface area contributed by atoms with Crippen LogP contribution in [-0.2, 0) is 20.8 Å². The Balaban J connectivity index is 1.67. The second-order valence-corrected chi connectivity index (χ2v) is 8.04. The molecule has 2 unspecified atom stereocenters. The highest BCUT2D eigenvalue weighted by molar-refractivity contribution is 7.07. The van der Waals surface area contributed by atoms with Crippen molar-refractivity contribution in [1.29, 1.82) is 5.41 Å². The van der Waals surface area contributed by atoms with Crippen molar-refractivity contribution >= 4 is 40.6 Å². The number of carbonyl (C=O) groups is 3. The highest BCUT2D eigenvalue weighted by Gasteiger charge is 2.33. The summed E-state index contributed by atoms with van der Waals surface area (Å²) in [5.41, 5.74) is 7.51. The van der Waals surface area contributed by atoms with Crippen LogP contribution in [0.3, 0.4) is 0 Å². The van der Waals surface area contributed by atoms with Crippen LogP contribution < -0.4 is 16.0 Å². The number of nitrogen functional groups attached to an aromatic ring is 1. The first-order valence-corrected chi connectivity index (χ1v) is 10.6. The molecule has 9 heteroatoms. The third kappa shape index (κ3) is 5.04. The van der Waals surface area contributed by atoms with E-state index in [2.05, 4.69) is 5.32 Å². The van der Waals surface area contributed by atoms with Gasteiger partial charge in [-0.1, -0.05) is 12.1 Å². The van der Waals surface area contributed by atoms with E-state index in [9.17, 15) is 19.5 Å². The van der Waals surface area contributed by atoms with Crippen LogP contribution in [0.4, 0.5) is 5.69 Å². The number of benzene rings is 1. The fourth-order valence-electron chi connectivity index (χ4n) is 3.64. The first-order valence-electron chi connectivity index (χ1n) is 9.65. The summed E-state index contributed by atoms with van der Waals surface area (Å²) in [6, 6.07) is 7.72. The molecule has 0 bridgehead atoms. The van der Waals surface area contributed by atoms with Gasteiger partial charge in [0.1, 0.15) is 11.9 Å². The van der Waals surface area contributed by atoms with Gasteiger partial charge in [-0.15, -0.1) is 0 Å². The lowest BCUT2D eigenvalue weighted by Gasteiger charge is -2.33. The number of carbonyl (C=O) groups excluding carboxylic acids is 2. The topological polar surface area (TPSA) is 137 Å². The van der Waals surface area contributed by atoms with E-state index in [1.807, 2.05) is 16.8 Å². The summed E-state index contributed by atoms with van der Waals surface area (Å²) in [6.45, 7) is 0.483. The van der Waals surface area contributed by atoms with Gasteiger partial charge in [-0.25, -0.2) is 4.79 Å². The van der Waals surface area contributed by atoms with Crippen molar-refractivity contribution in [3.05, 3.63) is 52.2 Å². The molecule has 1 saturated heterocycles. The average molecular weight is 429 g/mol. The number of para-hydroxylation sites is 1. The predicted molar refractivity (Wildman–Crippen MR) is 115 cm³/mol. The lowest BCUT2D eigenvalue weighted by atomic mass is 9.92. The summed E-state index contributed by atoms with van der Waals surface area (Å²) in [5, 5.41) is 23.4. The Hall–Kier alpha value is -3.20. The van der Waals surface area contributed by atoms with Crippen molar-refractivity contribution < 1.29 is 19.5 Å². The zero-order valence-corrected chi connectivity index (χ0v) is 17.2. The summed E-state index contributed by atoms with van der Waals surface area (Å²) in [7, 11) is 0. The first kappa shape index (κ1) is 21.5. The maximum atomic E-state index is 13.0. The number of rotatable bonds is 8. The summed E-state index contributed by atoms with van der Waals surface area (Å²) in [6.07, 6.45) is 1.37. The maximum Gasteiger partial charge on any atom is 0.326 e. The molecule has 1 aromatic carbocycles. The van der Waals surface area contributed by atoms with Gasteiger partial charge in [0.25, 0.3) is 0 Å². The van der Waals surface area contributed by atoms with Gasteiger partial charge in [-0.3, -0.25) is 15.0 Å². The Morgan fingerprint density at radius 1 is 1.33 bits per heavy atom. The van der Waals surface area contributed by atoms with Crippen LogP contribution in [0.1, 0.15) is 30.4 Å². The molecule has 1 fully saturated rings. The summed E-state index contributed by atoms with van der Waals surface area (Å²) < 4.78 is 0. The summed E-state index contributed by atoms with van der Waals surface area (Å²) in [5.74, 6) is -2.46. The van der Waals surface area contributed by atoms with Gasteiger partial charge in [0.2, 0.25) is 11.8 Å². The minimum atomic E-state index is -1.11. The summed E-state index contributed by atoms with van der Waals surface area (Å²) in [4.78, 5) is 38.7. The van der Waals surface area contributed by atoms with Gasteiger partial charge in [0.15, 0.2) is 0 Å². The van der Waals surface area contributed by atoms with Crippen LogP contribution in [0.25, 0.3) is 0 Å². The fourth-order valence-corrected chi connectivity index (χ4v) is 4.32. The first-order chi connectivity index (χ1) is 14.4. The van der Waals surface area contributed by atoms with Crippen LogP contribution in [0, 0.1) is 11.3 Å². The van der Waals surface area contributed by atoms with E-state index < -0.39 is 23.8 Å². The average Bonchev–Trinajstić information content (AvgIpc) is 3.22. The van der Waals surface area contributed by atoms with Crippen molar-refractivity contribution in [2.45, 2.75) is 31.7 Å². The maximum absolute atomic E-state index is 13.0. The minimum absolute atomic E-state index is 0.0784. The van der Waals surface area contributed by atoms with Crippen LogP contribution >= 0.6 is 11.3 Å². The molecule has 3 rings (SSSR count). The SMILES string of the molecule is N=C(N)c1ccccc1N1CCCC(CC(=O)NC(Cc2ccsc2)C(=O)O)C1=O. The number of anilines is 1. The third-order valence-electron chi connectivity index (χ3n) is 5.12. The molecule has 0 radical (unpaired) electrons. The van der Waals surface area contributed by atoms with Crippen molar-refractivity contribution in [2.75, 3.05) is 11.4 Å². The number of amidine groups is 1. The number of carboxylic acids is 1. The molecule has 2 aromatic rings. The third-order valence-corrected chi connectivity index (χ3v) is 5.85. The van der Waals surface area contributed by atoms with Crippen molar-refractivity contribution in [3.63, 3.8) is 0 Å². The smallest absolute Gasteiger partial charge is 0.326 e. The van der Waals surface area contributed by atoms with E-state index in [-0.39, 0.29) is 24.6 Å². The molecule has 0 spiro atoms. The number of nitrogens with one attached hydrogen (secondary N) is 2. The quantitative estimate of drug-likeness (QED) is 0.376. The molecular formula is C21H24N4O4S. The monoisotopic (exact) mass is 428 g/mol. The molecule has 0 saturated carbocycles. The molecule has 5 N–H and O–H groups in total. The van der Waals surface area contributed by atoms with E-state index in [1.54, 1.807) is 29.2 Å². The van der Waals surface area contributed by atoms with Crippen molar-refractivity contribution in [1.82, 2.24) is 5.32 Å². The highest BCUT2D eigenvalue weighted by Crippen LogP contribution is 2.29. The van der Waals surface area contributed by atoms with E-state index in [1.165, 1.54) is 11.3 Å². The van der Waals surface area contributed by atoms with E-state index in [4.69, 9.17) is 11.1 Å². The van der Waals surface area contributed by atoms with Gasteiger partial charge < -0.3 is 21.1 Å². The zero-order chi connectivity index (χ0) is 21.7. The molecule has 2 amide bonds. The number of hydrogen-bond acceptors (Lipinski definition) is 5. The molecule has 2 heterocycles. The molecule has 1 aromatic heterocycles. The Morgan fingerprint density at radius 3 is 2.77 bits per heavy atom. The standard InChI is InChI=1S/C21H24N4O4S/c22-19(23)15-5-1-2-6-17(15)25-8-3-4-14(20(25)27)11-18(26)24-16(21(28)29)10-13-7-9-30-12-13/h1-2,5-7,9,12,14,16H,3-4,8,10-11H2,(H3,22,23)(H,24,26)(H,28,29). The molecule has 158 valence electrons. The van der Waals surface area contributed by atoms with Crippen LogP contribution in [-0.4, -0.2) is 41.3 Å². The molecular weight excluding hydrogens is 404 g/mol. The normalized spacial score (nSPS) is 17.4. The Bertz CT molecular complexity index is 944. The Kier molecular flexibility index (Phi) is 6.83. The number of amides is 2. The van der Waals surface area contributed by atoms with Gasteiger partial charge in [-0.05, 0) is 47.4 Å². The number of hydrogen-bond donors (Lipinski definition) is 4. The van der Waals surface area contributed by atoms with Crippen molar-refractivity contribution in [3.8, 4) is 0 Å². The second kappa shape index (κ2) is 9.53. The number of nitrogens with zero attached hydrogens (tertiary/aromatic N) is 1. The molecule has 0 aliphatic carbocycles. The number of thiophene rings is 1. The van der Waals surface area contributed by atoms with Crippen molar-refractivity contribution in [2.24, 2.45) is 11.7 Å². The largest absolute Gasteiger partial charge is 0.480 e. The Morgan fingerprint density at radius 2 is 2.10 bits per heavy atom.